The summed E-state index contributed by atoms with van der Waals surface area (Å²) in [6, 6.07) is 7.76. The summed E-state index contributed by atoms with van der Waals surface area (Å²) in [6.45, 7) is 7.35. The number of unbranched alkanes of at least 4 members (excludes halogenated alkanes) is 2. The summed E-state index contributed by atoms with van der Waals surface area (Å²) in [4.78, 5) is 54.9. The molecule has 1 heterocycles. The van der Waals surface area contributed by atoms with Crippen molar-refractivity contribution in [2.24, 2.45) is 5.11 Å². The molecule has 0 spiro atoms. The van der Waals surface area contributed by atoms with E-state index in [0.717, 1.165) is 50.3 Å². The lowest BCUT2D eigenvalue weighted by Crippen LogP contribution is -2.35. The minimum absolute atomic E-state index is 0.117. The summed E-state index contributed by atoms with van der Waals surface area (Å²) < 4.78 is 4.45. The fourth-order valence-electron chi connectivity index (χ4n) is 3.31. The molecule has 38 heavy (non-hydrogen) atoms. The van der Waals surface area contributed by atoms with Crippen LogP contribution in [0.1, 0.15) is 54.6 Å². The molecular weight excluding hydrogens is 508 g/mol. The summed E-state index contributed by atoms with van der Waals surface area (Å²) in [6.07, 6.45) is 5.12. The number of aryl methyl sites for hydroxylation is 1. The van der Waals surface area contributed by atoms with Crippen LogP contribution in [0.4, 0.5) is 0 Å². The molecule has 0 saturated carbocycles. The molecule has 0 aliphatic carbocycles. The smallest absolute Gasteiger partial charge is 0.353 e. The van der Waals surface area contributed by atoms with Crippen LogP contribution in [0, 0.1) is 0 Å². The first kappa shape index (κ1) is 29.9. The number of ketones is 1. The molecule has 0 aliphatic rings. The van der Waals surface area contributed by atoms with E-state index in [0.29, 0.717) is 24.4 Å². The van der Waals surface area contributed by atoms with Gasteiger partial charge in [0.15, 0.2) is 0 Å². The van der Waals surface area contributed by atoms with Gasteiger partial charge in [-0.25, -0.2) is 9.78 Å². The van der Waals surface area contributed by atoms with Crippen LogP contribution in [-0.4, -0.2) is 42.2 Å². The number of Topliss-reactive ketones (excluding diaryl/α,β-unsaturated/α-hetero) is 1. The van der Waals surface area contributed by atoms with Gasteiger partial charge in [0, 0.05) is 35.2 Å². The van der Waals surface area contributed by atoms with Crippen molar-refractivity contribution >= 4 is 34.9 Å². The molecule has 11 nitrogen and oxygen atoms in total. The number of nitrogens with zero attached hydrogens (tertiary/aromatic N) is 4. The van der Waals surface area contributed by atoms with Crippen LogP contribution >= 0.6 is 11.3 Å². The van der Waals surface area contributed by atoms with E-state index in [9.17, 15) is 19.2 Å². The molecule has 0 bridgehead atoms. The lowest BCUT2D eigenvalue weighted by molar-refractivity contribution is -0.137. The van der Waals surface area contributed by atoms with Gasteiger partial charge in [-0.2, -0.15) is 0 Å². The second-order valence-corrected chi connectivity index (χ2v) is 9.11. The highest BCUT2D eigenvalue weighted by molar-refractivity contribution is 7.13. The van der Waals surface area contributed by atoms with Crippen LogP contribution < -0.4 is 10.6 Å². The van der Waals surface area contributed by atoms with E-state index in [4.69, 9.17) is 5.53 Å². The molecule has 0 radical (unpaired) electrons. The fraction of sp³-hybridized carbons (Fsp3) is 0.346. The second kappa shape index (κ2) is 15.7. The van der Waals surface area contributed by atoms with E-state index in [2.05, 4.69) is 43.5 Å². The Morgan fingerprint density at radius 3 is 2.42 bits per heavy atom. The Kier molecular flexibility index (Phi) is 12.4. The maximum Gasteiger partial charge on any atom is 0.353 e. The van der Waals surface area contributed by atoms with Crippen LogP contribution in [0.25, 0.3) is 21.0 Å². The summed E-state index contributed by atoms with van der Waals surface area (Å²) in [5.74, 6) is -1.99. The average Bonchev–Trinajstić information content (AvgIpc) is 3.41. The van der Waals surface area contributed by atoms with Gasteiger partial charge in [-0.1, -0.05) is 49.0 Å². The van der Waals surface area contributed by atoms with Crippen molar-refractivity contribution in [2.45, 2.75) is 44.9 Å². The fourth-order valence-corrected chi connectivity index (χ4v) is 4.12. The third kappa shape index (κ3) is 10.00. The minimum Gasteiger partial charge on any atom is -0.464 e. The zero-order valence-corrected chi connectivity index (χ0v) is 22.0. The normalized spacial score (nSPS) is 10.1. The highest BCUT2D eigenvalue weighted by Gasteiger charge is 2.18. The average molecular weight is 539 g/mol. The van der Waals surface area contributed by atoms with Crippen molar-refractivity contribution in [3.63, 3.8) is 0 Å². The van der Waals surface area contributed by atoms with Gasteiger partial charge in [-0.15, -0.1) is 11.3 Å². The van der Waals surface area contributed by atoms with Gasteiger partial charge in [-0.3, -0.25) is 14.4 Å². The number of amides is 2. The van der Waals surface area contributed by atoms with Crippen LogP contribution in [-0.2, 0) is 25.5 Å². The number of methoxy groups -OCH3 is 1. The van der Waals surface area contributed by atoms with Crippen molar-refractivity contribution in [1.82, 2.24) is 15.6 Å². The molecule has 0 unspecified atom stereocenters. The molecule has 0 aliphatic heterocycles. The molecule has 2 amide bonds. The number of rotatable bonds is 16. The molecule has 200 valence electrons. The molecule has 2 aromatic rings. The Balaban J connectivity index is 1.79. The maximum atomic E-state index is 12.5. The van der Waals surface area contributed by atoms with Gasteiger partial charge in [0.2, 0.25) is 0 Å². The van der Waals surface area contributed by atoms with Crippen molar-refractivity contribution < 1.29 is 23.9 Å². The van der Waals surface area contributed by atoms with E-state index in [1.54, 1.807) is 5.38 Å². The van der Waals surface area contributed by atoms with Crippen molar-refractivity contribution in [1.29, 1.82) is 0 Å². The first-order chi connectivity index (χ1) is 18.2. The van der Waals surface area contributed by atoms with E-state index in [1.807, 2.05) is 24.3 Å². The second-order valence-electron chi connectivity index (χ2n) is 8.25. The van der Waals surface area contributed by atoms with E-state index in [-0.39, 0.29) is 22.9 Å². The number of thiazole rings is 1. The van der Waals surface area contributed by atoms with Crippen LogP contribution in [0.5, 0.6) is 0 Å². The highest BCUT2D eigenvalue weighted by atomic mass is 32.1. The van der Waals surface area contributed by atoms with Gasteiger partial charge in [0.1, 0.15) is 22.2 Å². The predicted molar refractivity (Wildman–Crippen MR) is 144 cm³/mol. The Hall–Kier alpha value is -4.28. The van der Waals surface area contributed by atoms with Gasteiger partial charge in [-0.05, 0) is 36.8 Å². The molecule has 2 N–H and O–H groups in total. The summed E-state index contributed by atoms with van der Waals surface area (Å²) >= 11 is 1.28. The molecule has 0 saturated heterocycles. The lowest BCUT2D eigenvalue weighted by atomic mass is 10.0. The highest BCUT2D eigenvalue weighted by Crippen LogP contribution is 2.24. The zero-order valence-electron chi connectivity index (χ0n) is 21.2. The van der Waals surface area contributed by atoms with E-state index in [1.165, 1.54) is 11.3 Å². The summed E-state index contributed by atoms with van der Waals surface area (Å²) in [5.41, 5.74) is 9.73. The Morgan fingerprint density at radius 1 is 1.03 bits per heavy atom. The van der Waals surface area contributed by atoms with Gasteiger partial charge in [0.25, 0.3) is 11.8 Å². The number of benzene rings is 1. The molecule has 2 rings (SSSR count). The quantitative estimate of drug-likeness (QED) is 0.0791. The number of hydrogen-bond donors (Lipinski definition) is 2. The largest absolute Gasteiger partial charge is 0.464 e. The number of nitrogens with one attached hydrogen (secondary N) is 2. The lowest BCUT2D eigenvalue weighted by Gasteiger charge is -2.09. The minimum atomic E-state index is -0.812. The first-order valence-corrected chi connectivity index (χ1v) is 12.8. The molecule has 0 fully saturated rings. The summed E-state index contributed by atoms with van der Waals surface area (Å²) in [5, 5.41) is 10.2. The number of carbonyl (C=O) groups is 4. The number of esters is 1. The standard InChI is InChI=1S/C26H30N6O5S/c1-17(23(34)30-18(2)26(36)37-3)29-24(35)22-16-38-25(31-22)20-13-11-19(12-14-20)8-7-10-21(33)9-5-4-6-15-28-32-27/h11-14,16H,1-2,4-10,15H2,3H3,(H,29,35)(H,30,34). The molecule has 0 atom stereocenters. The van der Waals surface area contributed by atoms with Gasteiger partial charge >= 0.3 is 5.97 Å². The van der Waals surface area contributed by atoms with Gasteiger partial charge < -0.3 is 15.4 Å². The maximum absolute atomic E-state index is 12.5. The number of azide groups is 1. The summed E-state index contributed by atoms with van der Waals surface area (Å²) in [7, 11) is 1.15. The van der Waals surface area contributed by atoms with Crippen LogP contribution in [0.3, 0.4) is 0 Å². The first-order valence-electron chi connectivity index (χ1n) is 11.9. The van der Waals surface area contributed by atoms with Crippen LogP contribution in [0.15, 0.2) is 59.3 Å². The molecular formula is C26H30N6O5S. The molecule has 1 aromatic carbocycles. The molecule has 12 heteroatoms. The molecule has 1 aromatic heterocycles. The topological polar surface area (TPSA) is 163 Å². The number of hydrogen-bond acceptors (Lipinski definition) is 8. The van der Waals surface area contributed by atoms with Crippen molar-refractivity contribution in [3.8, 4) is 10.6 Å². The van der Waals surface area contributed by atoms with E-state index < -0.39 is 17.8 Å². The van der Waals surface area contributed by atoms with E-state index >= 15 is 0 Å². The Morgan fingerprint density at radius 2 is 1.74 bits per heavy atom. The SMILES string of the molecule is C=C(NC(=O)c1csc(-c2ccc(CCCC(=O)CCCCCN=[N+]=[N-])cc2)n1)C(=O)NC(=C)C(=O)OC. The Bertz CT molecular complexity index is 1230. The third-order valence-corrected chi connectivity index (χ3v) is 6.26. The van der Waals surface area contributed by atoms with Crippen LogP contribution in [0.2, 0.25) is 0 Å². The number of aromatic nitrogens is 1. The monoisotopic (exact) mass is 538 g/mol. The van der Waals surface area contributed by atoms with Crippen molar-refractivity contribution in [2.75, 3.05) is 13.7 Å². The third-order valence-electron chi connectivity index (χ3n) is 5.37. The number of ether oxygens (including phenoxy) is 1. The van der Waals surface area contributed by atoms with Gasteiger partial charge in [0.05, 0.1) is 12.8 Å². The number of carbonyl (C=O) groups excluding carboxylic acids is 4. The Labute approximate surface area is 224 Å². The zero-order chi connectivity index (χ0) is 27.9. The predicted octanol–water partition coefficient (Wildman–Crippen LogP) is 4.62. The van der Waals surface area contributed by atoms with Crippen molar-refractivity contribution in [3.05, 3.63) is 75.9 Å².